The predicted molar refractivity (Wildman–Crippen MR) is 69.5 cm³/mol. The molecule has 3 nitrogen and oxygen atoms in total. The maximum atomic E-state index is 6.02. The Morgan fingerprint density at radius 3 is 2.59 bits per heavy atom. The summed E-state index contributed by atoms with van der Waals surface area (Å²) in [5.41, 5.74) is 7.35. The minimum Gasteiger partial charge on any atom is -0.453 e. The van der Waals surface area contributed by atoms with E-state index < -0.39 is 0 Å². The van der Waals surface area contributed by atoms with Crippen LogP contribution in [0.5, 0.6) is 11.5 Å². The molecule has 3 rings (SSSR count). The zero-order valence-electron chi connectivity index (χ0n) is 9.67. The van der Waals surface area contributed by atoms with E-state index in [1.54, 1.807) is 0 Å². The van der Waals surface area contributed by atoms with E-state index in [4.69, 9.17) is 15.2 Å². The first kappa shape index (κ1) is 11.4. The van der Waals surface area contributed by atoms with Crippen molar-refractivity contribution in [1.82, 2.24) is 0 Å². The van der Waals surface area contributed by atoms with Crippen molar-refractivity contribution in [3.05, 3.63) is 22.2 Å². The van der Waals surface area contributed by atoms with Gasteiger partial charge in [0, 0.05) is 17.5 Å². The van der Waals surface area contributed by atoms with Gasteiger partial charge >= 0.3 is 0 Å². The number of benzene rings is 1. The summed E-state index contributed by atoms with van der Waals surface area (Å²) in [7, 11) is 0. The molecule has 4 heteroatoms. The van der Waals surface area contributed by atoms with Gasteiger partial charge in [-0.1, -0.05) is 18.9 Å². The molecule has 0 unspecified atom stereocenters. The highest BCUT2D eigenvalue weighted by Gasteiger charge is 2.39. The Balaban J connectivity index is 2.12. The second kappa shape index (κ2) is 4.18. The fraction of sp³-hybridized carbons (Fsp3) is 0.538. The lowest BCUT2D eigenvalue weighted by Gasteiger charge is -2.28. The van der Waals surface area contributed by atoms with Crippen molar-refractivity contribution >= 4 is 15.9 Å². The smallest absolute Gasteiger partial charge is 0.231 e. The van der Waals surface area contributed by atoms with E-state index in [0.29, 0.717) is 13.3 Å². The van der Waals surface area contributed by atoms with Gasteiger partial charge in [0.2, 0.25) is 6.79 Å². The Morgan fingerprint density at radius 2 is 1.88 bits per heavy atom. The van der Waals surface area contributed by atoms with Crippen LogP contribution in [0, 0.1) is 0 Å². The molecular formula is C13H16BrNO2. The van der Waals surface area contributed by atoms with Crippen LogP contribution < -0.4 is 15.2 Å². The molecule has 0 radical (unpaired) electrons. The first-order valence-electron chi connectivity index (χ1n) is 6.05. The fourth-order valence-electron chi connectivity index (χ4n) is 3.02. The van der Waals surface area contributed by atoms with Gasteiger partial charge < -0.3 is 15.2 Å². The van der Waals surface area contributed by atoms with Gasteiger partial charge in [-0.05, 0) is 34.8 Å². The van der Waals surface area contributed by atoms with Gasteiger partial charge in [-0.2, -0.15) is 0 Å². The molecule has 1 aliphatic heterocycles. The molecule has 1 fully saturated rings. The van der Waals surface area contributed by atoms with Crippen molar-refractivity contribution in [2.75, 3.05) is 13.3 Å². The van der Waals surface area contributed by atoms with Gasteiger partial charge in [-0.25, -0.2) is 0 Å². The van der Waals surface area contributed by atoms with E-state index in [-0.39, 0.29) is 5.41 Å². The highest BCUT2D eigenvalue weighted by Crippen LogP contribution is 2.50. The summed E-state index contributed by atoms with van der Waals surface area (Å²) in [5, 5.41) is 0. The summed E-state index contributed by atoms with van der Waals surface area (Å²) in [6, 6.07) is 4.17. The van der Waals surface area contributed by atoms with E-state index in [9.17, 15) is 0 Å². The van der Waals surface area contributed by atoms with Crippen LogP contribution in [0.3, 0.4) is 0 Å². The quantitative estimate of drug-likeness (QED) is 0.913. The first-order valence-corrected chi connectivity index (χ1v) is 6.85. The number of hydrogen-bond donors (Lipinski definition) is 1. The highest BCUT2D eigenvalue weighted by molar-refractivity contribution is 9.10. The molecule has 1 heterocycles. The molecule has 0 saturated heterocycles. The Morgan fingerprint density at radius 1 is 1.18 bits per heavy atom. The summed E-state index contributed by atoms with van der Waals surface area (Å²) in [6.45, 7) is 0.996. The van der Waals surface area contributed by atoms with Crippen LogP contribution in [0.1, 0.15) is 31.2 Å². The van der Waals surface area contributed by atoms with Crippen LogP contribution >= 0.6 is 15.9 Å². The lowest BCUT2D eigenvalue weighted by atomic mass is 9.78. The summed E-state index contributed by atoms with van der Waals surface area (Å²) < 4.78 is 12.1. The van der Waals surface area contributed by atoms with Crippen molar-refractivity contribution in [3.63, 3.8) is 0 Å². The average Bonchev–Trinajstić information content (AvgIpc) is 2.99. The Kier molecular flexibility index (Phi) is 2.79. The van der Waals surface area contributed by atoms with Crippen LogP contribution in [0.2, 0.25) is 0 Å². The van der Waals surface area contributed by atoms with E-state index >= 15 is 0 Å². The maximum absolute atomic E-state index is 6.02. The number of halogens is 1. The second-order valence-corrected chi connectivity index (χ2v) is 5.71. The standard InChI is InChI=1S/C13H16BrNO2/c14-10-4-3-9(11-12(10)17-8-16-11)13(7-15)5-1-2-6-13/h3-4H,1-2,5-8,15H2. The number of ether oxygens (including phenoxy) is 2. The molecule has 0 atom stereocenters. The molecule has 17 heavy (non-hydrogen) atoms. The van der Waals surface area contributed by atoms with Gasteiger partial charge in [-0.3, -0.25) is 0 Å². The van der Waals surface area contributed by atoms with Gasteiger partial charge in [0.05, 0.1) is 4.47 Å². The van der Waals surface area contributed by atoms with Crippen LogP contribution in [-0.2, 0) is 5.41 Å². The molecular weight excluding hydrogens is 282 g/mol. The van der Waals surface area contributed by atoms with Crippen LogP contribution in [-0.4, -0.2) is 13.3 Å². The second-order valence-electron chi connectivity index (χ2n) is 4.85. The van der Waals surface area contributed by atoms with E-state index in [0.717, 1.165) is 28.8 Å². The average molecular weight is 298 g/mol. The van der Waals surface area contributed by atoms with Crippen LogP contribution in [0.15, 0.2) is 16.6 Å². The highest BCUT2D eigenvalue weighted by atomic mass is 79.9. The zero-order valence-corrected chi connectivity index (χ0v) is 11.3. The van der Waals surface area contributed by atoms with Crippen LogP contribution in [0.4, 0.5) is 0 Å². The summed E-state index contributed by atoms with van der Waals surface area (Å²) in [6.07, 6.45) is 4.81. The van der Waals surface area contributed by atoms with Crippen molar-refractivity contribution in [3.8, 4) is 11.5 Å². The van der Waals surface area contributed by atoms with Gasteiger partial charge in [-0.15, -0.1) is 0 Å². The van der Waals surface area contributed by atoms with Crippen molar-refractivity contribution in [2.24, 2.45) is 5.73 Å². The first-order chi connectivity index (χ1) is 8.27. The third-order valence-electron chi connectivity index (χ3n) is 3.99. The van der Waals surface area contributed by atoms with Crippen LogP contribution in [0.25, 0.3) is 0 Å². The molecule has 2 N–H and O–H groups in total. The molecule has 0 amide bonds. The van der Waals surface area contributed by atoms with E-state index in [1.165, 1.54) is 18.4 Å². The molecule has 1 aromatic rings. The topological polar surface area (TPSA) is 44.5 Å². The molecule has 1 saturated carbocycles. The summed E-state index contributed by atoms with van der Waals surface area (Å²) >= 11 is 3.49. The van der Waals surface area contributed by atoms with Crippen molar-refractivity contribution in [2.45, 2.75) is 31.1 Å². The molecule has 92 valence electrons. The monoisotopic (exact) mass is 297 g/mol. The molecule has 2 aliphatic rings. The number of hydrogen-bond acceptors (Lipinski definition) is 3. The Hall–Kier alpha value is -0.740. The van der Waals surface area contributed by atoms with Crippen molar-refractivity contribution < 1.29 is 9.47 Å². The largest absolute Gasteiger partial charge is 0.453 e. The number of fused-ring (bicyclic) bond motifs is 1. The van der Waals surface area contributed by atoms with E-state index in [1.807, 2.05) is 6.07 Å². The SMILES string of the molecule is NCC1(c2ccc(Br)c3c2OCO3)CCCC1. The number of nitrogens with two attached hydrogens (primary N) is 1. The van der Waals surface area contributed by atoms with E-state index in [2.05, 4.69) is 22.0 Å². The van der Waals surface area contributed by atoms with Gasteiger partial charge in [0.15, 0.2) is 11.5 Å². The summed E-state index contributed by atoms with van der Waals surface area (Å²) in [4.78, 5) is 0. The fourth-order valence-corrected chi connectivity index (χ4v) is 3.44. The normalized spacial score (nSPS) is 20.8. The zero-order chi connectivity index (χ0) is 11.9. The minimum atomic E-state index is 0.0957. The van der Waals surface area contributed by atoms with Gasteiger partial charge in [0.1, 0.15) is 0 Å². The molecule has 0 bridgehead atoms. The summed E-state index contributed by atoms with van der Waals surface area (Å²) in [5.74, 6) is 1.73. The lowest BCUT2D eigenvalue weighted by molar-refractivity contribution is 0.171. The molecule has 1 aromatic carbocycles. The lowest BCUT2D eigenvalue weighted by Crippen LogP contribution is -2.32. The van der Waals surface area contributed by atoms with Gasteiger partial charge in [0.25, 0.3) is 0 Å². The maximum Gasteiger partial charge on any atom is 0.231 e. The third-order valence-corrected chi connectivity index (χ3v) is 4.62. The minimum absolute atomic E-state index is 0.0957. The third kappa shape index (κ3) is 1.66. The Bertz CT molecular complexity index is 441. The predicted octanol–water partition coefficient (Wildman–Crippen LogP) is 2.95. The molecule has 0 spiro atoms. The molecule has 1 aliphatic carbocycles. The van der Waals surface area contributed by atoms with Crippen molar-refractivity contribution in [1.29, 1.82) is 0 Å². The molecule has 0 aromatic heterocycles. The number of rotatable bonds is 2. The Labute approximate surface area is 109 Å².